The average Bonchev–Trinajstić information content (AvgIpc) is 2.68. The molecule has 0 heterocycles. The Hall–Kier alpha value is -2.97. The third-order valence-corrected chi connectivity index (χ3v) is 4.36. The van der Waals surface area contributed by atoms with Gasteiger partial charge in [0.15, 0.2) is 0 Å². The molecule has 2 amide bonds. The minimum Gasteiger partial charge on any atom is -0.377 e. The third kappa shape index (κ3) is 6.82. The van der Waals surface area contributed by atoms with Crippen LogP contribution in [0.25, 0.3) is 0 Å². The maximum atomic E-state index is 13.6. The van der Waals surface area contributed by atoms with Crippen LogP contribution >= 0.6 is 0 Å². The first kappa shape index (κ1) is 23.3. The molecule has 0 aromatic heterocycles. The van der Waals surface area contributed by atoms with Crippen LogP contribution in [0.5, 0.6) is 0 Å². The van der Waals surface area contributed by atoms with Gasteiger partial charge in [0.1, 0.15) is 19.0 Å². The van der Waals surface area contributed by atoms with Crippen molar-refractivity contribution in [1.82, 2.24) is 4.90 Å². The van der Waals surface area contributed by atoms with Gasteiger partial charge in [-0.15, -0.1) is 0 Å². The topological polar surface area (TPSA) is 71.1 Å². The SMILES string of the molecule is COCC(=O)Nc1ccc(N(C)C)c(CN(Cc2cccc(F)c2)C(=O)COC)c1. The van der Waals surface area contributed by atoms with E-state index in [1.165, 1.54) is 26.4 Å². The van der Waals surface area contributed by atoms with E-state index >= 15 is 0 Å². The monoisotopic (exact) mass is 417 g/mol. The summed E-state index contributed by atoms with van der Waals surface area (Å²) in [4.78, 5) is 28.1. The highest BCUT2D eigenvalue weighted by Gasteiger charge is 2.18. The molecule has 0 radical (unpaired) electrons. The molecular formula is C22H28FN3O4. The molecule has 0 saturated carbocycles. The summed E-state index contributed by atoms with van der Waals surface area (Å²) in [5.41, 5.74) is 3.00. The van der Waals surface area contributed by atoms with Crippen LogP contribution in [0.3, 0.4) is 0 Å². The summed E-state index contributed by atoms with van der Waals surface area (Å²) in [5.74, 6) is -0.850. The minimum absolute atomic E-state index is 0.0528. The number of nitrogens with one attached hydrogen (secondary N) is 1. The minimum atomic E-state index is -0.358. The summed E-state index contributed by atoms with van der Waals surface area (Å²) in [7, 11) is 6.70. The second-order valence-corrected chi connectivity index (χ2v) is 7.03. The molecule has 0 atom stereocenters. The van der Waals surface area contributed by atoms with Crippen LogP contribution < -0.4 is 10.2 Å². The highest BCUT2D eigenvalue weighted by Crippen LogP contribution is 2.25. The first-order chi connectivity index (χ1) is 14.3. The largest absolute Gasteiger partial charge is 0.377 e. The average molecular weight is 417 g/mol. The van der Waals surface area contributed by atoms with E-state index in [9.17, 15) is 14.0 Å². The van der Waals surface area contributed by atoms with E-state index in [0.29, 0.717) is 11.3 Å². The molecule has 7 nitrogen and oxygen atoms in total. The van der Waals surface area contributed by atoms with Gasteiger partial charge in [0.05, 0.1) is 0 Å². The molecular weight excluding hydrogens is 389 g/mol. The summed E-state index contributed by atoms with van der Waals surface area (Å²) in [5, 5.41) is 2.77. The number of rotatable bonds is 10. The summed E-state index contributed by atoms with van der Waals surface area (Å²) in [6, 6.07) is 11.6. The lowest BCUT2D eigenvalue weighted by Crippen LogP contribution is -2.33. The molecule has 30 heavy (non-hydrogen) atoms. The Morgan fingerprint density at radius 3 is 2.37 bits per heavy atom. The van der Waals surface area contributed by atoms with Gasteiger partial charge in [-0.25, -0.2) is 4.39 Å². The van der Waals surface area contributed by atoms with Gasteiger partial charge in [-0.3, -0.25) is 9.59 Å². The summed E-state index contributed by atoms with van der Waals surface area (Å²) >= 11 is 0. The number of anilines is 2. The predicted molar refractivity (Wildman–Crippen MR) is 114 cm³/mol. The molecule has 0 spiro atoms. The number of hydrogen-bond acceptors (Lipinski definition) is 5. The maximum absolute atomic E-state index is 13.6. The van der Waals surface area contributed by atoms with Crippen LogP contribution in [0.1, 0.15) is 11.1 Å². The van der Waals surface area contributed by atoms with E-state index in [0.717, 1.165) is 11.3 Å². The Balaban J connectivity index is 2.33. The van der Waals surface area contributed by atoms with Gasteiger partial charge < -0.3 is 24.6 Å². The Morgan fingerprint density at radius 2 is 1.73 bits per heavy atom. The lowest BCUT2D eigenvalue weighted by atomic mass is 10.1. The molecule has 2 rings (SSSR count). The smallest absolute Gasteiger partial charge is 0.250 e. The zero-order chi connectivity index (χ0) is 22.1. The van der Waals surface area contributed by atoms with Crippen molar-refractivity contribution in [1.29, 1.82) is 0 Å². The number of carbonyl (C=O) groups is 2. The van der Waals surface area contributed by atoms with Gasteiger partial charge in [-0.1, -0.05) is 12.1 Å². The van der Waals surface area contributed by atoms with Crippen molar-refractivity contribution in [3.05, 3.63) is 59.4 Å². The molecule has 8 heteroatoms. The third-order valence-electron chi connectivity index (χ3n) is 4.36. The number of hydrogen-bond donors (Lipinski definition) is 1. The van der Waals surface area contributed by atoms with Crippen LogP contribution in [0.4, 0.5) is 15.8 Å². The van der Waals surface area contributed by atoms with E-state index in [1.807, 2.05) is 31.1 Å². The Kier molecular flexibility index (Phi) is 8.76. The van der Waals surface area contributed by atoms with E-state index in [2.05, 4.69) is 5.32 Å². The molecule has 162 valence electrons. The predicted octanol–water partition coefficient (Wildman–Crippen LogP) is 2.65. The van der Waals surface area contributed by atoms with Crippen molar-refractivity contribution in [3.63, 3.8) is 0 Å². The van der Waals surface area contributed by atoms with Gasteiger partial charge in [0, 0.05) is 52.8 Å². The number of halogens is 1. The van der Waals surface area contributed by atoms with E-state index in [-0.39, 0.29) is 43.9 Å². The second kappa shape index (κ2) is 11.3. The molecule has 1 N–H and O–H groups in total. The van der Waals surface area contributed by atoms with Crippen LogP contribution in [-0.2, 0) is 32.2 Å². The van der Waals surface area contributed by atoms with Crippen LogP contribution in [0.15, 0.2) is 42.5 Å². The van der Waals surface area contributed by atoms with Crippen molar-refractivity contribution < 1.29 is 23.5 Å². The molecule has 2 aromatic rings. The highest BCUT2D eigenvalue weighted by molar-refractivity contribution is 5.92. The van der Waals surface area contributed by atoms with Crippen LogP contribution in [0.2, 0.25) is 0 Å². The second-order valence-electron chi connectivity index (χ2n) is 7.03. The van der Waals surface area contributed by atoms with Crippen molar-refractivity contribution >= 4 is 23.2 Å². The van der Waals surface area contributed by atoms with Crippen molar-refractivity contribution in [2.24, 2.45) is 0 Å². The van der Waals surface area contributed by atoms with Gasteiger partial charge in [0.2, 0.25) is 11.8 Å². The molecule has 0 aliphatic rings. The summed E-state index contributed by atoms with van der Waals surface area (Å²) < 4.78 is 23.5. The lowest BCUT2D eigenvalue weighted by Gasteiger charge is -2.26. The highest BCUT2D eigenvalue weighted by atomic mass is 19.1. The number of benzene rings is 2. The number of ether oxygens (including phenoxy) is 2. The normalized spacial score (nSPS) is 10.6. The fourth-order valence-corrected chi connectivity index (χ4v) is 3.06. The molecule has 0 unspecified atom stereocenters. The first-order valence-corrected chi connectivity index (χ1v) is 9.44. The summed E-state index contributed by atoms with van der Waals surface area (Å²) in [6.07, 6.45) is 0. The van der Waals surface area contributed by atoms with Crippen molar-refractivity contribution in [3.8, 4) is 0 Å². The van der Waals surface area contributed by atoms with Crippen LogP contribution in [0, 0.1) is 5.82 Å². The van der Waals surface area contributed by atoms with Crippen LogP contribution in [-0.4, -0.2) is 58.2 Å². The Labute approximate surface area is 176 Å². The zero-order valence-corrected chi connectivity index (χ0v) is 17.8. The molecule has 0 aliphatic heterocycles. The molecule has 2 aromatic carbocycles. The number of carbonyl (C=O) groups excluding carboxylic acids is 2. The van der Waals surface area contributed by atoms with Crippen molar-refractivity contribution in [2.75, 3.05) is 51.7 Å². The van der Waals surface area contributed by atoms with E-state index in [4.69, 9.17) is 9.47 Å². The van der Waals surface area contributed by atoms with E-state index < -0.39 is 0 Å². The number of amides is 2. The van der Waals surface area contributed by atoms with E-state index in [1.54, 1.807) is 23.1 Å². The summed E-state index contributed by atoms with van der Waals surface area (Å²) in [6.45, 7) is 0.354. The van der Waals surface area contributed by atoms with Crippen molar-refractivity contribution in [2.45, 2.75) is 13.1 Å². The molecule has 0 saturated heterocycles. The molecule has 0 fully saturated rings. The maximum Gasteiger partial charge on any atom is 0.250 e. The fraction of sp³-hybridized carbons (Fsp3) is 0.364. The van der Waals surface area contributed by atoms with Gasteiger partial charge in [-0.2, -0.15) is 0 Å². The Bertz CT molecular complexity index is 873. The lowest BCUT2D eigenvalue weighted by molar-refractivity contribution is -0.136. The van der Waals surface area contributed by atoms with Gasteiger partial charge in [0.25, 0.3) is 0 Å². The number of methoxy groups -OCH3 is 2. The number of nitrogens with zero attached hydrogens (tertiary/aromatic N) is 2. The standard InChI is InChI=1S/C22H28FN3O4/c1-25(2)20-9-8-19(24-21(27)14-29-3)11-17(20)13-26(22(28)15-30-4)12-16-6-5-7-18(23)10-16/h5-11H,12-15H2,1-4H3,(H,24,27). The molecule has 0 bridgehead atoms. The quantitative estimate of drug-likeness (QED) is 0.644. The zero-order valence-electron chi connectivity index (χ0n) is 17.8. The van der Waals surface area contributed by atoms with Gasteiger partial charge in [-0.05, 0) is 41.5 Å². The van der Waals surface area contributed by atoms with Gasteiger partial charge >= 0.3 is 0 Å². The molecule has 0 aliphatic carbocycles. The first-order valence-electron chi connectivity index (χ1n) is 9.44. The fourth-order valence-electron chi connectivity index (χ4n) is 3.06. The Morgan fingerprint density at radius 1 is 1.00 bits per heavy atom.